The van der Waals surface area contributed by atoms with E-state index >= 15 is 0 Å². The molecule has 1 aromatic rings. The summed E-state index contributed by atoms with van der Waals surface area (Å²) in [4.78, 5) is 20.5. The third kappa shape index (κ3) is 3.18. The molecule has 0 aliphatic carbocycles. The number of carbonyl (C=O) groups is 2. The summed E-state index contributed by atoms with van der Waals surface area (Å²) >= 11 is 0. The molecule has 0 aliphatic rings. The van der Waals surface area contributed by atoms with Crippen molar-refractivity contribution in [1.29, 1.82) is 0 Å². The molecule has 0 heterocycles. The zero-order chi connectivity index (χ0) is 10.2. The molecule has 0 aromatic heterocycles. The number of hydrogen-bond acceptors (Lipinski definition) is 3. The molecule has 0 unspecified atom stereocenters. The van der Waals surface area contributed by atoms with E-state index in [0.717, 1.165) is 5.56 Å². The van der Waals surface area contributed by atoms with Gasteiger partial charge >= 0.3 is 0 Å². The number of nitrogens with zero attached hydrogens (tertiary/aromatic N) is 1. The highest BCUT2D eigenvalue weighted by Crippen LogP contribution is 1.99. The first-order chi connectivity index (χ1) is 6.86. The molecular weight excluding hydrogens is 180 g/mol. The van der Waals surface area contributed by atoms with Crippen LogP contribution in [0, 0.1) is 0 Å². The van der Waals surface area contributed by atoms with Gasteiger partial charge in [0, 0.05) is 6.42 Å². The number of aldehydes is 1. The summed E-state index contributed by atoms with van der Waals surface area (Å²) in [7, 11) is 0. The van der Waals surface area contributed by atoms with Gasteiger partial charge in [-0.3, -0.25) is 9.59 Å². The number of benzene rings is 1. The molecule has 4 heteroatoms. The van der Waals surface area contributed by atoms with Gasteiger partial charge in [0.2, 0.25) is 6.41 Å². The van der Waals surface area contributed by atoms with E-state index in [4.69, 9.17) is 0 Å². The van der Waals surface area contributed by atoms with Crippen LogP contribution in [0.15, 0.2) is 35.4 Å². The third-order valence-electron chi connectivity index (χ3n) is 1.62. The Labute approximate surface area is 81.6 Å². The Balaban J connectivity index is 2.66. The highest BCUT2D eigenvalue weighted by Gasteiger charge is 1.98. The molecule has 0 aliphatic heterocycles. The van der Waals surface area contributed by atoms with Crippen molar-refractivity contribution < 1.29 is 9.59 Å². The molecule has 0 atom stereocenters. The predicted octanol–water partition coefficient (Wildman–Crippen LogP) is 0.530. The van der Waals surface area contributed by atoms with Crippen LogP contribution in [0.1, 0.15) is 5.56 Å². The Morgan fingerprint density at radius 2 is 2.00 bits per heavy atom. The molecule has 4 nitrogen and oxygen atoms in total. The van der Waals surface area contributed by atoms with Crippen molar-refractivity contribution in [2.75, 3.05) is 0 Å². The van der Waals surface area contributed by atoms with Gasteiger partial charge in [-0.2, -0.15) is 5.10 Å². The standard InChI is InChI=1S/C10H10N2O2/c13-7-10(12-11-8-14)6-9-4-2-1-3-5-9/h1-5,7-8H,6H2,(H,11,14)/b12-10-. The maximum absolute atomic E-state index is 10.5. The van der Waals surface area contributed by atoms with Gasteiger partial charge in [-0.15, -0.1) is 0 Å². The highest BCUT2D eigenvalue weighted by molar-refractivity contribution is 6.28. The van der Waals surface area contributed by atoms with Crippen LogP contribution in [0.25, 0.3) is 0 Å². The van der Waals surface area contributed by atoms with E-state index in [9.17, 15) is 9.59 Å². The maximum Gasteiger partial charge on any atom is 0.227 e. The molecule has 72 valence electrons. The second-order valence-corrected chi connectivity index (χ2v) is 2.63. The molecule has 1 amide bonds. The molecule has 1 aromatic carbocycles. The first kappa shape index (κ1) is 10.1. The lowest BCUT2D eigenvalue weighted by Crippen LogP contribution is -2.11. The Morgan fingerprint density at radius 1 is 1.29 bits per heavy atom. The highest BCUT2D eigenvalue weighted by atomic mass is 16.1. The summed E-state index contributed by atoms with van der Waals surface area (Å²) in [6.45, 7) is 0. The molecular formula is C10H10N2O2. The Hall–Kier alpha value is -1.97. The maximum atomic E-state index is 10.5. The lowest BCUT2D eigenvalue weighted by Gasteiger charge is -1.98. The van der Waals surface area contributed by atoms with E-state index in [2.05, 4.69) is 10.5 Å². The van der Waals surface area contributed by atoms with Crippen molar-refractivity contribution in [3.63, 3.8) is 0 Å². The number of carbonyl (C=O) groups excluding carboxylic acids is 2. The Kier molecular flexibility index (Phi) is 4.07. The number of amides is 1. The first-order valence-corrected chi connectivity index (χ1v) is 4.11. The van der Waals surface area contributed by atoms with Gasteiger partial charge in [0.05, 0.1) is 0 Å². The molecule has 1 rings (SSSR count). The monoisotopic (exact) mass is 190 g/mol. The summed E-state index contributed by atoms with van der Waals surface area (Å²) in [6, 6.07) is 9.43. The van der Waals surface area contributed by atoms with Crippen LogP contribution in [0.5, 0.6) is 0 Å². The summed E-state index contributed by atoms with van der Waals surface area (Å²) in [5, 5.41) is 3.59. The quantitative estimate of drug-likeness (QED) is 0.418. The molecule has 0 radical (unpaired) electrons. The van der Waals surface area contributed by atoms with E-state index in [-0.39, 0.29) is 0 Å². The van der Waals surface area contributed by atoms with Crippen LogP contribution in [0.2, 0.25) is 0 Å². The average molecular weight is 190 g/mol. The van der Waals surface area contributed by atoms with Gasteiger partial charge < -0.3 is 0 Å². The average Bonchev–Trinajstić information content (AvgIpc) is 2.25. The zero-order valence-corrected chi connectivity index (χ0v) is 7.51. The number of hydrazone groups is 1. The minimum Gasteiger partial charge on any atom is -0.296 e. The summed E-state index contributed by atoms with van der Waals surface area (Å²) in [5.74, 6) is 0. The van der Waals surface area contributed by atoms with Crippen molar-refractivity contribution in [2.24, 2.45) is 5.10 Å². The van der Waals surface area contributed by atoms with Crippen molar-refractivity contribution in [3.05, 3.63) is 35.9 Å². The largest absolute Gasteiger partial charge is 0.296 e. The predicted molar refractivity (Wildman–Crippen MR) is 52.8 cm³/mol. The smallest absolute Gasteiger partial charge is 0.227 e. The molecule has 0 spiro atoms. The van der Waals surface area contributed by atoms with Crippen molar-refractivity contribution in [1.82, 2.24) is 5.43 Å². The van der Waals surface area contributed by atoms with Crippen molar-refractivity contribution in [3.8, 4) is 0 Å². The number of nitrogens with one attached hydrogen (secondary N) is 1. The third-order valence-corrected chi connectivity index (χ3v) is 1.62. The normalized spacial score (nSPS) is 10.7. The molecule has 1 N–H and O–H groups in total. The summed E-state index contributed by atoms with van der Waals surface area (Å²) < 4.78 is 0. The fraction of sp³-hybridized carbons (Fsp3) is 0.100. The Morgan fingerprint density at radius 3 is 2.57 bits per heavy atom. The zero-order valence-electron chi connectivity index (χ0n) is 7.51. The fourth-order valence-electron chi connectivity index (χ4n) is 1.02. The van der Waals surface area contributed by atoms with E-state index in [1.807, 2.05) is 30.3 Å². The van der Waals surface area contributed by atoms with Crippen molar-refractivity contribution >= 4 is 18.4 Å². The molecule has 0 saturated carbocycles. The molecule has 0 bridgehead atoms. The van der Waals surface area contributed by atoms with Crippen LogP contribution in [0.4, 0.5) is 0 Å². The minimum absolute atomic E-state index is 0.295. The van der Waals surface area contributed by atoms with E-state index in [1.54, 1.807) is 0 Å². The molecule has 0 fully saturated rings. The topological polar surface area (TPSA) is 58.5 Å². The van der Waals surface area contributed by atoms with Gasteiger partial charge in [0.25, 0.3) is 0 Å². The van der Waals surface area contributed by atoms with Gasteiger partial charge in [0.15, 0.2) is 6.29 Å². The van der Waals surface area contributed by atoms with E-state index in [0.29, 0.717) is 24.8 Å². The number of rotatable bonds is 5. The van der Waals surface area contributed by atoms with Crippen molar-refractivity contribution in [2.45, 2.75) is 6.42 Å². The molecule has 0 saturated heterocycles. The van der Waals surface area contributed by atoms with Crippen LogP contribution in [-0.4, -0.2) is 18.4 Å². The van der Waals surface area contributed by atoms with Gasteiger partial charge in [-0.05, 0) is 5.56 Å². The van der Waals surface area contributed by atoms with Gasteiger partial charge in [-0.1, -0.05) is 30.3 Å². The minimum atomic E-state index is 0.295. The van der Waals surface area contributed by atoms with Gasteiger partial charge in [0.1, 0.15) is 5.71 Å². The van der Waals surface area contributed by atoms with E-state index in [1.165, 1.54) is 0 Å². The van der Waals surface area contributed by atoms with Crippen LogP contribution >= 0.6 is 0 Å². The SMILES string of the molecule is O=CN/N=C(\C=O)Cc1ccccc1. The first-order valence-electron chi connectivity index (χ1n) is 4.11. The summed E-state index contributed by atoms with van der Waals surface area (Å²) in [6.07, 6.45) is 1.48. The second-order valence-electron chi connectivity index (χ2n) is 2.63. The van der Waals surface area contributed by atoms with Crippen LogP contribution < -0.4 is 5.43 Å². The number of hydrogen-bond donors (Lipinski definition) is 1. The lowest BCUT2D eigenvalue weighted by molar-refractivity contribution is -0.109. The van der Waals surface area contributed by atoms with E-state index < -0.39 is 0 Å². The second kappa shape index (κ2) is 5.64. The van der Waals surface area contributed by atoms with Crippen LogP contribution in [-0.2, 0) is 16.0 Å². The van der Waals surface area contributed by atoms with Crippen LogP contribution in [0.3, 0.4) is 0 Å². The lowest BCUT2D eigenvalue weighted by atomic mass is 10.1. The summed E-state index contributed by atoms with van der Waals surface area (Å²) in [5.41, 5.74) is 3.37. The molecule has 14 heavy (non-hydrogen) atoms. The Bertz CT molecular complexity index is 333. The fourth-order valence-corrected chi connectivity index (χ4v) is 1.02. The van der Waals surface area contributed by atoms with Gasteiger partial charge in [-0.25, -0.2) is 5.43 Å².